The Bertz CT molecular complexity index is 45.3. The maximum absolute atomic E-state index is 5.09. The molecule has 0 bridgehead atoms. The van der Waals surface area contributed by atoms with Gasteiger partial charge in [0.2, 0.25) is 0 Å². The Morgan fingerprint density at radius 3 is 1.75 bits per heavy atom. The van der Waals surface area contributed by atoms with Gasteiger partial charge in [-0.15, -0.1) is 0 Å². The van der Waals surface area contributed by atoms with Crippen LogP contribution in [0.4, 0.5) is 0 Å². The van der Waals surface area contributed by atoms with Crippen LogP contribution in [0.25, 0.3) is 0 Å². The standard InChI is InChI=1S/C4H12O2P2/c1-4(5-7-2)6-8-3/h4,7-8H,1-3H3. The second kappa shape index (κ2) is 5.91. The van der Waals surface area contributed by atoms with E-state index in [0.717, 1.165) is 0 Å². The SMILES string of the molecule is CPOC(C)OPC. The van der Waals surface area contributed by atoms with Crippen LogP contribution in [0, 0.1) is 0 Å². The van der Waals surface area contributed by atoms with E-state index < -0.39 is 0 Å². The third-order valence-electron chi connectivity index (χ3n) is 0.568. The third kappa shape index (κ3) is 4.93. The zero-order valence-corrected chi connectivity index (χ0v) is 7.39. The molecule has 2 atom stereocenters. The van der Waals surface area contributed by atoms with Crippen molar-refractivity contribution in [3.63, 3.8) is 0 Å². The van der Waals surface area contributed by atoms with E-state index >= 15 is 0 Å². The van der Waals surface area contributed by atoms with Crippen LogP contribution in [0.1, 0.15) is 6.92 Å². The van der Waals surface area contributed by atoms with Gasteiger partial charge in [-0.25, -0.2) is 0 Å². The predicted molar refractivity (Wildman–Crippen MR) is 40.1 cm³/mol. The maximum atomic E-state index is 5.09. The molecule has 0 aromatic rings. The number of rotatable bonds is 4. The maximum Gasteiger partial charge on any atom is 0.161 e. The van der Waals surface area contributed by atoms with Crippen LogP contribution in [0.2, 0.25) is 0 Å². The molecule has 0 aromatic carbocycles. The Morgan fingerprint density at radius 1 is 1.12 bits per heavy atom. The Hall–Kier alpha value is 0.780. The molecule has 0 spiro atoms. The second-order valence-electron chi connectivity index (χ2n) is 1.21. The lowest BCUT2D eigenvalue weighted by molar-refractivity contribution is 0.0521. The number of hydrogen-bond donors (Lipinski definition) is 0. The summed E-state index contributed by atoms with van der Waals surface area (Å²) in [6.45, 7) is 5.88. The quantitative estimate of drug-likeness (QED) is 0.454. The molecule has 2 unspecified atom stereocenters. The molecule has 50 valence electrons. The average Bonchev–Trinajstić information content (AvgIpc) is 1.68. The van der Waals surface area contributed by atoms with Gasteiger partial charge in [-0.05, 0) is 20.3 Å². The number of hydrogen-bond acceptors (Lipinski definition) is 2. The van der Waals surface area contributed by atoms with Crippen molar-refractivity contribution in [3.8, 4) is 0 Å². The Morgan fingerprint density at radius 2 is 1.50 bits per heavy atom. The summed E-state index contributed by atoms with van der Waals surface area (Å²) in [5.74, 6) is 0. The first-order chi connectivity index (χ1) is 3.81. The van der Waals surface area contributed by atoms with Crippen LogP contribution in [0.15, 0.2) is 0 Å². The molecule has 0 saturated carbocycles. The lowest BCUT2D eigenvalue weighted by atomic mass is 10.8. The molecule has 0 saturated heterocycles. The molecular weight excluding hydrogens is 142 g/mol. The summed E-state index contributed by atoms with van der Waals surface area (Å²) >= 11 is 0. The molecule has 0 aliphatic carbocycles. The van der Waals surface area contributed by atoms with Crippen LogP contribution < -0.4 is 0 Å². The van der Waals surface area contributed by atoms with Crippen molar-refractivity contribution in [1.82, 2.24) is 0 Å². The summed E-state index contributed by atoms with van der Waals surface area (Å²) in [5.41, 5.74) is 0. The van der Waals surface area contributed by atoms with E-state index in [4.69, 9.17) is 9.05 Å². The van der Waals surface area contributed by atoms with Crippen LogP contribution in [-0.2, 0) is 9.05 Å². The van der Waals surface area contributed by atoms with Gasteiger partial charge in [0.25, 0.3) is 0 Å². The van der Waals surface area contributed by atoms with E-state index in [1.165, 1.54) is 0 Å². The Labute approximate surface area is 54.1 Å². The molecule has 0 N–H and O–H groups in total. The van der Waals surface area contributed by atoms with E-state index in [1.807, 2.05) is 20.3 Å². The topological polar surface area (TPSA) is 18.5 Å². The van der Waals surface area contributed by atoms with E-state index in [0.29, 0.717) is 17.6 Å². The first-order valence-electron chi connectivity index (χ1n) is 2.46. The van der Waals surface area contributed by atoms with Crippen LogP contribution in [0.5, 0.6) is 0 Å². The van der Waals surface area contributed by atoms with Gasteiger partial charge >= 0.3 is 0 Å². The molecule has 8 heavy (non-hydrogen) atoms. The highest BCUT2D eigenvalue weighted by molar-refractivity contribution is 7.31. The van der Waals surface area contributed by atoms with E-state index in [1.54, 1.807) is 0 Å². The van der Waals surface area contributed by atoms with Gasteiger partial charge in [-0.3, -0.25) is 0 Å². The smallest absolute Gasteiger partial charge is 0.161 e. The highest BCUT2D eigenvalue weighted by atomic mass is 31.1. The molecule has 0 aliphatic rings. The Balaban J connectivity index is 2.92. The van der Waals surface area contributed by atoms with Gasteiger partial charge in [0.05, 0.1) is 0 Å². The third-order valence-corrected chi connectivity index (χ3v) is 1.70. The molecule has 0 aliphatic heterocycles. The molecule has 0 radical (unpaired) electrons. The molecule has 0 rings (SSSR count). The van der Waals surface area contributed by atoms with Crippen LogP contribution in [-0.4, -0.2) is 19.6 Å². The fourth-order valence-corrected chi connectivity index (χ4v) is 1.21. The first kappa shape index (κ1) is 8.78. The zero-order chi connectivity index (χ0) is 6.41. The minimum atomic E-state index is -0.0123. The molecule has 0 heterocycles. The predicted octanol–water partition coefficient (Wildman–Crippen LogP) is 1.81. The van der Waals surface area contributed by atoms with Crippen LogP contribution >= 0.6 is 17.6 Å². The van der Waals surface area contributed by atoms with Crippen LogP contribution in [0.3, 0.4) is 0 Å². The minimum absolute atomic E-state index is 0.0123. The Kier molecular flexibility index (Phi) is 6.48. The summed E-state index contributed by atoms with van der Waals surface area (Å²) in [6.07, 6.45) is -0.0123. The molecular formula is C4H12O2P2. The summed E-state index contributed by atoms with van der Waals surface area (Å²) in [5, 5.41) is 0. The molecule has 0 fully saturated rings. The van der Waals surface area contributed by atoms with Gasteiger partial charge in [-0.2, -0.15) is 0 Å². The highest BCUT2D eigenvalue weighted by Crippen LogP contribution is 2.16. The molecule has 2 nitrogen and oxygen atoms in total. The zero-order valence-electron chi connectivity index (χ0n) is 5.39. The molecule has 4 heteroatoms. The average molecular weight is 154 g/mol. The highest BCUT2D eigenvalue weighted by Gasteiger charge is 1.95. The van der Waals surface area contributed by atoms with E-state index in [-0.39, 0.29) is 6.29 Å². The lowest BCUT2D eigenvalue weighted by Gasteiger charge is -2.08. The van der Waals surface area contributed by atoms with Crippen molar-refractivity contribution in [2.45, 2.75) is 13.2 Å². The van der Waals surface area contributed by atoms with Crippen molar-refractivity contribution in [1.29, 1.82) is 0 Å². The van der Waals surface area contributed by atoms with Gasteiger partial charge in [0.15, 0.2) is 6.29 Å². The second-order valence-corrected chi connectivity index (χ2v) is 2.50. The fraction of sp³-hybridized carbons (Fsp3) is 1.00. The van der Waals surface area contributed by atoms with Gasteiger partial charge in [-0.1, -0.05) is 0 Å². The summed E-state index contributed by atoms with van der Waals surface area (Å²) < 4.78 is 10.2. The molecule has 0 amide bonds. The fourth-order valence-electron chi connectivity index (χ4n) is 0.356. The van der Waals surface area contributed by atoms with Gasteiger partial charge in [0.1, 0.15) is 0 Å². The van der Waals surface area contributed by atoms with Crippen molar-refractivity contribution in [2.75, 3.05) is 13.3 Å². The van der Waals surface area contributed by atoms with Crippen molar-refractivity contribution in [2.24, 2.45) is 0 Å². The lowest BCUT2D eigenvalue weighted by Crippen LogP contribution is -2.00. The summed E-state index contributed by atoms with van der Waals surface area (Å²) in [4.78, 5) is 0. The molecule has 0 aromatic heterocycles. The van der Waals surface area contributed by atoms with E-state index in [9.17, 15) is 0 Å². The largest absolute Gasteiger partial charge is 0.334 e. The van der Waals surface area contributed by atoms with Crippen molar-refractivity contribution >= 4 is 17.6 Å². The summed E-state index contributed by atoms with van der Waals surface area (Å²) in [6, 6.07) is 0. The monoisotopic (exact) mass is 154 g/mol. The minimum Gasteiger partial charge on any atom is -0.334 e. The summed E-state index contributed by atoms with van der Waals surface area (Å²) in [7, 11) is 1.05. The van der Waals surface area contributed by atoms with E-state index in [2.05, 4.69) is 0 Å². The van der Waals surface area contributed by atoms with Gasteiger partial charge in [0, 0.05) is 17.6 Å². The van der Waals surface area contributed by atoms with Crippen molar-refractivity contribution in [3.05, 3.63) is 0 Å². The van der Waals surface area contributed by atoms with Crippen molar-refractivity contribution < 1.29 is 9.05 Å². The normalized spacial score (nSPS) is 16.9. The first-order valence-corrected chi connectivity index (χ1v) is 5.27. The van der Waals surface area contributed by atoms with Gasteiger partial charge < -0.3 is 9.05 Å².